The number of esters is 1. The van der Waals surface area contributed by atoms with Crippen molar-refractivity contribution >= 4 is 34.3 Å². The quantitative estimate of drug-likeness (QED) is 0.671. The molecule has 0 spiro atoms. The summed E-state index contributed by atoms with van der Waals surface area (Å²) in [5, 5.41) is 11.4. The van der Waals surface area contributed by atoms with Crippen molar-refractivity contribution in [2.45, 2.75) is 12.7 Å². The van der Waals surface area contributed by atoms with Crippen LogP contribution < -0.4 is 5.32 Å². The normalized spacial score (nSPS) is 11.4. The molecule has 0 aromatic heterocycles. The average molecular weight is 389 g/mol. The van der Waals surface area contributed by atoms with Gasteiger partial charge in [0.2, 0.25) is 5.91 Å². The van der Waals surface area contributed by atoms with E-state index in [1.54, 1.807) is 31.2 Å². The molecule has 0 saturated carbocycles. The van der Waals surface area contributed by atoms with Crippen LogP contribution in [0.15, 0.2) is 48.5 Å². The van der Waals surface area contributed by atoms with Crippen molar-refractivity contribution in [3.63, 3.8) is 0 Å². The first-order valence-corrected chi connectivity index (χ1v) is 9.62. The third kappa shape index (κ3) is 6.34. The van der Waals surface area contributed by atoms with Gasteiger partial charge in [0.05, 0.1) is 17.7 Å². The molecule has 0 saturated heterocycles. The zero-order valence-electron chi connectivity index (χ0n) is 14.6. The zero-order valence-corrected chi connectivity index (χ0v) is 15.5. The van der Waals surface area contributed by atoms with Gasteiger partial charge >= 0.3 is 11.9 Å². The molecule has 2 aromatic rings. The molecule has 0 fully saturated rings. The predicted octanol–water partition coefficient (Wildman–Crippen LogP) is 2.45. The molecule has 0 aliphatic rings. The van der Waals surface area contributed by atoms with E-state index >= 15 is 0 Å². The van der Waals surface area contributed by atoms with E-state index in [4.69, 9.17) is 9.84 Å². The first kappa shape index (κ1) is 20.3. The van der Waals surface area contributed by atoms with Crippen molar-refractivity contribution in [2.24, 2.45) is 0 Å². The lowest BCUT2D eigenvalue weighted by Gasteiger charge is -2.07. The Kier molecular flexibility index (Phi) is 7.25. The van der Waals surface area contributed by atoms with Crippen LogP contribution in [0, 0.1) is 0 Å². The highest BCUT2D eigenvalue weighted by Gasteiger charge is 2.11. The van der Waals surface area contributed by atoms with Crippen LogP contribution in [0.1, 0.15) is 33.2 Å². The number of carbonyl (C=O) groups is 3. The Morgan fingerprint density at radius 2 is 1.59 bits per heavy atom. The molecule has 1 unspecified atom stereocenters. The third-order valence-electron chi connectivity index (χ3n) is 3.50. The monoisotopic (exact) mass is 389 g/mol. The third-order valence-corrected chi connectivity index (χ3v) is 4.74. The van der Waals surface area contributed by atoms with Crippen molar-refractivity contribution in [3.05, 3.63) is 65.2 Å². The topological polar surface area (TPSA) is 110 Å². The van der Waals surface area contributed by atoms with Crippen LogP contribution in [0.25, 0.3) is 0 Å². The van der Waals surface area contributed by atoms with Gasteiger partial charge in [-0.05, 0) is 48.9 Å². The van der Waals surface area contributed by atoms with E-state index < -0.39 is 28.6 Å². The fourth-order valence-corrected chi connectivity index (χ4v) is 3.26. The standard InChI is InChI=1S/C19H19NO6S/c1-2-26-19(24)15-5-3-13(4-6-15)11-27(25)12-17(21)20-16-9-7-14(8-10-16)18(22)23/h3-10H,2,11-12H2,1H3,(H,20,21)(H,22,23). The van der Waals surface area contributed by atoms with E-state index in [0.29, 0.717) is 17.9 Å². The van der Waals surface area contributed by atoms with Crippen molar-refractivity contribution in [1.29, 1.82) is 0 Å². The van der Waals surface area contributed by atoms with Crippen LogP contribution >= 0.6 is 0 Å². The number of benzene rings is 2. The lowest BCUT2D eigenvalue weighted by atomic mass is 10.1. The minimum absolute atomic E-state index is 0.114. The van der Waals surface area contributed by atoms with Crippen LogP contribution in [0.3, 0.4) is 0 Å². The van der Waals surface area contributed by atoms with E-state index in [1.165, 1.54) is 24.3 Å². The number of anilines is 1. The van der Waals surface area contributed by atoms with Crippen LogP contribution in [0.2, 0.25) is 0 Å². The molecular weight excluding hydrogens is 370 g/mol. The summed E-state index contributed by atoms with van der Waals surface area (Å²) in [4.78, 5) is 34.3. The summed E-state index contributed by atoms with van der Waals surface area (Å²) in [5.41, 5.74) is 1.69. The number of carboxylic acid groups (broad SMARTS) is 1. The maximum absolute atomic E-state index is 12.2. The molecule has 8 heteroatoms. The van der Waals surface area contributed by atoms with Crippen molar-refractivity contribution in [2.75, 3.05) is 17.7 Å². The molecule has 0 aliphatic carbocycles. The number of ether oxygens (including phenoxy) is 1. The summed E-state index contributed by atoms with van der Waals surface area (Å²) in [6.45, 7) is 2.01. The molecule has 2 aromatic carbocycles. The molecule has 0 heterocycles. The maximum atomic E-state index is 12.2. The number of carbonyl (C=O) groups excluding carboxylic acids is 2. The Hall–Kier alpha value is -3.00. The van der Waals surface area contributed by atoms with Crippen LogP contribution in [-0.4, -0.2) is 39.5 Å². The Morgan fingerprint density at radius 3 is 2.15 bits per heavy atom. The highest BCUT2D eigenvalue weighted by Crippen LogP contribution is 2.11. The summed E-state index contributed by atoms with van der Waals surface area (Å²) in [5.74, 6) is -1.92. The number of rotatable bonds is 8. The van der Waals surface area contributed by atoms with Gasteiger partial charge in [-0.3, -0.25) is 9.00 Å². The number of carboxylic acids is 1. The maximum Gasteiger partial charge on any atom is 0.338 e. The van der Waals surface area contributed by atoms with Crippen LogP contribution in [-0.2, 0) is 26.1 Å². The van der Waals surface area contributed by atoms with Gasteiger partial charge in [0.25, 0.3) is 0 Å². The molecule has 2 N–H and O–H groups in total. The predicted molar refractivity (Wildman–Crippen MR) is 101 cm³/mol. The zero-order chi connectivity index (χ0) is 19.8. The molecule has 0 radical (unpaired) electrons. The fourth-order valence-electron chi connectivity index (χ4n) is 2.23. The van der Waals surface area contributed by atoms with Gasteiger partial charge in [-0.2, -0.15) is 0 Å². The molecule has 2 rings (SSSR count). The van der Waals surface area contributed by atoms with E-state index in [0.717, 1.165) is 5.56 Å². The number of amides is 1. The molecule has 27 heavy (non-hydrogen) atoms. The second-order valence-electron chi connectivity index (χ2n) is 5.58. The van der Waals surface area contributed by atoms with Gasteiger partial charge in [-0.25, -0.2) is 9.59 Å². The Labute approximate surface area is 158 Å². The highest BCUT2D eigenvalue weighted by molar-refractivity contribution is 7.84. The summed E-state index contributed by atoms with van der Waals surface area (Å²) < 4.78 is 17.1. The highest BCUT2D eigenvalue weighted by atomic mass is 32.2. The summed E-state index contributed by atoms with van der Waals surface area (Å²) in [6, 6.07) is 12.2. The molecule has 1 amide bonds. The van der Waals surface area contributed by atoms with E-state index in [2.05, 4.69) is 5.32 Å². The second-order valence-corrected chi connectivity index (χ2v) is 7.03. The van der Waals surface area contributed by atoms with E-state index in [9.17, 15) is 18.6 Å². The van der Waals surface area contributed by atoms with Crippen molar-refractivity contribution < 1.29 is 28.4 Å². The lowest BCUT2D eigenvalue weighted by Crippen LogP contribution is -2.20. The van der Waals surface area contributed by atoms with Gasteiger partial charge in [0.1, 0.15) is 5.75 Å². The van der Waals surface area contributed by atoms with Crippen LogP contribution in [0.4, 0.5) is 5.69 Å². The second kappa shape index (κ2) is 9.63. The summed E-state index contributed by atoms with van der Waals surface area (Å²) >= 11 is 0. The fraction of sp³-hybridized carbons (Fsp3) is 0.211. The van der Waals surface area contributed by atoms with Gasteiger partial charge in [0, 0.05) is 22.2 Å². The van der Waals surface area contributed by atoms with Gasteiger partial charge in [-0.1, -0.05) is 12.1 Å². The minimum atomic E-state index is -1.43. The SMILES string of the molecule is CCOC(=O)c1ccc(CS(=O)CC(=O)Nc2ccc(C(=O)O)cc2)cc1. The first-order valence-electron chi connectivity index (χ1n) is 8.13. The first-order chi connectivity index (χ1) is 12.9. The molecular formula is C19H19NO6S. The number of hydrogen-bond donors (Lipinski definition) is 2. The molecule has 0 aliphatic heterocycles. The summed E-state index contributed by atoms with van der Waals surface area (Å²) in [6.07, 6.45) is 0. The Balaban J connectivity index is 1.86. The van der Waals surface area contributed by atoms with Gasteiger partial charge < -0.3 is 15.2 Å². The lowest BCUT2D eigenvalue weighted by molar-refractivity contribution is -0.113. The van der Waals surface area contributed by atoms with Crippen LogP contribution in [0.5, 0.6) is 0 Å². The molecule has 7 nitrogen and oxygen atoms in total. The summed E-state index contributed by atoms with van der Waals surface area (Å²) in [7, 11) is -1.43. The van der Waals surface area contributed by atoms with Crippen molar-refractivity contribution in [1.82, 2.24) is 0 Å². The Bertz CT molecular complexity index is 846. The molecule has 0 bridgehead atoms. The minimum Gasteiger partial charge on any atom is -0.478 e. The average Bonchev–Trinajstić information content (AvgIpc) is 2.62. The van der Waals surface area contributed by atoms with E-state index in [1.807, 2.05) is 0 Å². The number of aromatic carboxylic acids is 1. The van der Waals surface area contributed by atoms with E-state index in [-0.39, 0.29) is 17.1 Å². The largest absolute Gasteiger partial charge is 0.478 e. The van der Waals surface area contributed by atoms with Gasteiger partial charge in [0.15, 0.2) is 0 Å². The Morgan fingerprint density at radius 1 is 1.00 bits per heavy atom. The molecule has 142 valence electrons. The number of nitrogens with one attached hydrogen (secondary N) is 1. The smallest absolute Gasteiger partial charge is 0.338 e. The van der Waals surface area contributed by atoms with Gasteiger partial charge in [-0.15, -0.1) is 0 Å². The number of hydrogen-bond acceptors (Lipinski definition) is 5. The van der Waals surface area contributed by atoms with Crippen molar-refractivity contribution in [3.8, 4) is 0 Å². The molecule has 1 atom stereocenters.